The third-order valence-corrected chi connectivity index (χ3v) is 4.09. The van der Waals surface area contributed by atoms with Crippen LogP contribution in [0.4, 0.5) is 4.39 Å². The fourth-order valence-corrected chi connectivity index (χ4v) is 2.88. The Bertz CT molecular complexity index is 361. The van der Waals surface area contributed by atoms with Gasteiger partial charge in [0.05, 0.1) is 4.47 Å². The minimum absolute atomic E-state index is 0.0530. The molecule has 1 nitrogen and oxygen atoms in total. The lowest BCUT2D eigenvalue weighted by Gasteiger charge is -2.27. The summed E-state index contributed by atoms with van der Waals surface area (Å²) in [6.07, 6.45) is 6.30. The average Bonchev–Trinajstić information content (AvgIpc) is 2.33. The minimum atomic E-state index is -0.223. The normalized spacial score (nSPS) is 19.7. The lowest BCUT2D eigenvalue weighted by molar-refractivity contribution is 0.308. The van der Waals surface area contributed by atoms with Gasteiger partial charge in [-0.2, -0.15) is 0 Å². The summed E-state index contributed by atoms with van der Waals surface area (Å²) in [5.74, 6) is 0.339. The first-order valence-electron chi connectivity index (χ1n) is 5.89. The molecule has 0 aromatic heterocycles. The fraction of sp³-hybridized carbons (Fsp3) is 0.538. The summed E-state index contributed by atoms with van der Waals surface area (Å²) in [6.45, 7) is 0. The first-order chi connectivity index (χ1) is 7.68. The molecule has 2 rings (SSSR count). The van der Waals surface area contributed by atoms with Gasteiger partial charge in [0.25, 0.3) is 0 Å². The van der Waals surface area contributed by atoms with Crippen molar-refractivity contribution in [2.45, 2.75) is 38.1 Å². The number of hydrogen-bond donors (Lipinski definition) is 1. The maximum absolute atomic E-state index is 13.1. The molecule has 0 amide bonds. The van der Waals surface area contributed by atoms with Crippen LogP contribution in [0.5, 0.6) is 0 Å². The minimum Gasteiger partial charge on any atom is -0.324 e. The summed E-state index contributed by atoms with van der Waals surface area (Å²) < 4.78 is 13.6. The molecular formula is C13H17BrFN. The van der Waals surface area contributed by atoms with E-state index in [-0.39, 0.29) is 11.9 Å². The molecule has 1 aliphatic carbocycles. The number of halogens is 2. The van der Waals surface area contributed by atoms with Gasteiger partial charge in [-0.25, -0.2) is 4.39 Å². The van der Waals surface area contributed by atoms with Crippen molar-refractivity contribution in [2.75, 3.05) is 0 Å². The van der Waals surface area contributed by atoms with Crippen LogP contribution in [0.2, 0.25) is 0 Å². The molecule has 3 heteroatoms. The molecule has 0 saturated heterocycles. The molecule has 1 aliphatic rings. The lowest BCUT2D eigenvalue weighted by atomic mass is 9.81. The molecule has 0 aliphatic heterocycles. The Morgan fingerprint density at radius 3 is 2.56 bits per heavy atom. The molecule has 16 heavy (non-hydrogen) atoms. The van der Waals surface area contributed by atoms with Crippen molar-refractivity contribution < 1.29 is 4.39 Å². The lowest BCUT2D eigenvalue weighted by Crippen LogP contribution is -2.23. The standard InChI is InChI=1S/C13H17BrFN/c14-11-8-10(6-7-12(11)15)13(16)9-4-2-1-3-5-9/h6-9,13H,1-5,16H2. The van der Waals surface area contributed by atoms with Crippen LogP contribution in [0.3, 0.4) is 0 Å². The Morgan fingerprint density at radius 1 is 1.25 bits per heavy atom. The predicted molar refractivity (Wildman–Crippen MR) is 67.6 cm³/mol. The Hall–Kier alpha value is -0.410. The zero-order valence-corrected chi connectivity index (χ0v) is 10.8. The molecule has 0 spiro atoms. The van der Waals surface area contributed by atoms with Crippen molar-refractivity contribution in [3.05, 3.63) is 34.1 Å². The molecule has 0 bridgehead atoms. The van der Waals surface area contributed by atoms with Gasteiger partial charge in [0.1, 0.15) is 5.82 Å². The third-order valence-electron chi connectivity index (χ3n) is 3.49. The van der Waals surface area contributed by atoms with Crippen LogP contribution < -0.4 is 5.73 Å². The van der Waals surface area contributed by atoms with E-state index in [0.717, 1.165) is 5.56 Å². The highest BCUT2D eigenvalue weighted by molar-refractivity contribution is 9.10. The van der Waals surface area contributed by atoms with Crippen molar-refractivity contribution in [3.8, 4) is 0 Å². The van der Waals surface area contributed by atoms with Crippen molar-refractivity contribution in [1.29, 1.82) is 0 Å². The second-order valence-electron chi connectivity index (χ2n) is 4.60. The van der Waals surface area contributed by atoms with Crippen LogP contribution in [0, 0.1) is 11.7 Å². The Labute approximate surface area is 104 Å². The van der Waals surface area contributed by atoms with E-state index in [0.29, 0.717) is 10.4 Å². The Balaban J connectivity index is 2.12. The van der Waals surface area contributed by atoms with E-state index in [2.05, 4.69) is 15.9 Å². The van der Waals surface area contributed by atoms with Gasteiger partial charge in [0.2, 0.25) is 0 Å². The molecule has 1 aromatic carbocycles. The summed E-state index contributed by atoms with van der Waals surface area (Å²) in [5.41, 5.74) is 7.29. The molecule has 0 radical (unpaired) electrons. The highest BCUT2D eigenvalue weighted by Gasteiger charge is 2.22. The van der Waals surface area contributed by atoms with Gasteiger partial charge in [0.15, 0.2) is 0 Å². The second kappa shape index (κ2) is 5.28. The smallest absolute Gasteiger partial charge is 0.137 e. The number of benzene rings is 1. The van der Waals surface area contributed by atoms with Gasteiger partial charge in [-0.05, 0) is 52.4 Å². The van der Waals surface area contributed by atoms with Crippen LogP contribution in [0.25, 0.3) is 0 Å². The van der Waals surface area contributed by atoms with E-state index >= 15 is 0 Å². The monoisotopic (exact) mass is 285 g/mol. The van der Waals surface area contributed by atoms with Crippen molar-refractivity contribution >= 4 is 15.9 Å². The summed E-state index contributed by atoms with van der Waals surface area (Å²) in [6, 6.07) is 5.16. The van der Waals surface area contributed by atoms with Gasteiger partial charge >= 0.3 is 0 Å². The first-order valence-corrected chi connectivity index (χ1v) is 6.68. The van der Waals surface area contributed by atoms with Crippen molar-refractivity contribution in [2.24, 2.45) is 11.7 Å². The van der Waals surface area contributed by atoms with Crippen molar-refractivity contribution in [3.63, 3.8) is 0 Å². The van der Waals surface area contributed by atoms with Crippen LogP contribution in [-0.4, -0.2) is 0 Å². The number of rotatable bonds is 2. The molecular weight excluding hydrogens is 269 g/mol. The summed E-state index contributed by atoms with van der Waals surface area (Å²) >= 11 is 3.21. The summed E-state index contributed by atoms with van der Waals surface area (Å²) in [4.78, 5) is 0. The fourth-order valence-electron chi connectivity index (χ4n) is 2.49. The number of hydrogen-bond acceptors (Lipinski definition) is 1. The van der Waals surface area contributed by atoms with E-state index in [1.165, 1.54) is 38.2 Å². The zero-order chi connectivity index (χ0) is 11.5. The molecule has 2 N–H and O–H groups in total. The average molecular weight is 286 g/mol. The molecule has 0 heterocycles. The van der Waals surface area contributed by atoms with Gasteiger partial charge in [0, 0.05) is 6.04 Å². The quantitative estimate of drug-likeness (QED) is 0.867. The maximum Gasteiger partial charge on any atom is 0.137 e. The van der Waals surface area contributed by atoms with Gasteiger partial charge in [-0.1, -0.05) is 25.3 Å². The molecule has 1 fully saturated rings. The van der Waals surface area contributed by atoms with Crippen molar-refractivity contribution in [1.82, 2.24) is 0 Å². The number of nitrogens with two attached hydrogens (primary N) is 1. The third kappa shape index (κ3) is 2.64. The molecule has 1 aromatic rings. The van der Waals surface area contributed by atoms with E-state index in [4.69, 9.17) is 5.73 Å². The highest BCUT2D eigenvalue weighted by atomic mass is 79.9. The summed E-state index contributed by atoms with van der Waals surface area (Å²) in [7, 11) is 0. The summed E-state index contributed by atoms with van der Waals surface area (Å²) in [5, 5.41) is 0. The topological polar surface area (TPSA) is 26.0 Å². The predicted octanol–water partition coefficient (Wildman–Crippen LogP) is 4.17. The largest absolute Gasteiger partial charge is 0.324 e. The SMILES string of the molecule is NC(c1ccc(F)c(Br)c1)C1CCCCC1. The van der Waals surface area contributed by atoms with E-state index in [1.807, 2.05) is 6.07 Å². The molecule has 1 atom stereocenters. The zero-order valence-electron chi connectivity index (χ0n) is 9.26. The first kappa shape index (κ1) is 12.1. The molecule has 1 unspecified atom stereocenters. The van der Waals surface area contributed by atoms with Crippen LogP contribution >= 0.6 is 15.9 Å². The maximum atomic E-state index is 13.1. The van der Waals surface area contributed by atoms with Crippen LogP contribution in [0.15, 0.2) is 22.7 Å². The Morgan fingerprint density at radius 2 is 1.94 bits per heavy atom. The second-order valence-corrected chi connectivity index (χ2v) is 5.45. The highest BCUT2D eigenvalue weighted by Crippen LogP contribution is 2.33. The molecule has 88 valence electrons. The van der Waals surface area contributed by atoms with Gasteiger partial charge in [-0.3, -0.25) is 0 Å². The van der Waals surface area contributed by atoms with Gasteiger partial charge in [-0.15, -0.1) is 0 Å². The van der Waals surface area contributed by atoms with Crippen LogP contribution in [0.1, 0.15) is 43.7 Å². The van der Waals surface area contributed by atoms with Gasteiger partial charge < -0.3 is 5.73 Å². The van der Waals surface area contributed by atoms with E-state index in [9.17, 15) is 4.39 Å². The molecule has 1 saturated carbocycles. The van der Waals surface area contributed by atoms with Crippen LogP contribution in [-0.2, 0) is 0 Å². The van der Waals surface area contributed by atoms with E-state index in [1.54, 1.807) is 6.07 Å². The Kier molecular flexibility index (Phi) is 3.98. The van der Waals surface area contributed by atoms with E-state index < -0.39 is 0 Å².